The predicted molar refractivity (Wildman–Crippen MR) is 67.9 cm³/mol. The first-order valence-corrected chi connectivity index (χ1v) is 7.83. The SMILES string of the molecule is C=CCCCS(=O)(=O)NC(=O)CC1CCCC1. The van der Waals surface area contributed by atoms with Crippen LogP contribution in [0.5, 0.6) is 0 Å². The van der Waals surface area contributed by atoms with E-state index in [1.165, 1.54) is 0 Å². The Labute approximate surface area is 104 Å². The number of nitrogens with one attached hydrogen (secondary N) is 1. The highest BCUT2D eigenvalue weighted by Crippen LogP contribution is 2.27. The predicted octanol–water partition coefficient (Wildman–Crippen LogP) is 1.98. The van der Waals surface area contributed by atoms with E-state index >= 15 is 0 Å². The number of rotatable bonds is 7. The lowest BCUT2D eigenvalue weighted by atomic mass is 10.0. The largest absolute Gasteiger partial charge is 0.274 e. The van der Waals surface area contributed by atoms with E-state index in [0.717, 1.165) is 25.7 Å². The maximum atomic E-state index is 11.5. The summed E-state index contributed by atoms with van der Waals surface area (Å²) in [6.45, 7) is 3.53. The molecule has 1 rings (SSSR count). The highest BCUT2D eigenvalue weighted by Gasteiger charge is 2.21. The lowest BCUT2D eigenvalue weighted by molar-refractivity contribution is -0.120. The van der Waals surface area contributed by atoms with Crippen LogP contribution in [0.15, 0.2) is 12.7 Å². The zero-order valence-electron chi connectivity index (χ0n) is 10.2. The van der Waals surface area contributed by atoms with E-state index in [2.05, 4.69) is 11.3 Å². The topological polar surface area (TPSA) is 63.2 Å². The Balaban J connectivity index is 2.30. The van der Waals surface area contributed by atoms with Gasteiger partial charge in [0, 0.05) is 6.42 Å². The zero-order chi connectivity index (χ0) is 12.7. The van der Waals surface area contributed by atoms with Crippen molar-refractivity contribution in [2.24, 2.45) is 5.92 Å². The molecule has 0 saturated heterocycles. The van der Waals surface area contributed by atoms with Gasteiger partial charge in [-0.25, -0.2) is 8.42 Å². The average molecular weight is 259 g/mol. The number of sulfonamides is 1. The van der Waals surface area contributed by atoms with Crippen molar-refractivity contribution in [1.29, 1.82) is 0 Å². The van der Waals surface area contributed by atoms with Gasteiger partial charge in [0.1, 0.15) is 0 Å². The lowest BCUT2D eigenvalue weighted by Crippen LogP contribution is -2.33. The lowest BCUT2D eigenvalue weighted by Gasteiger charge is -2.09. The molecule has 0 bridgehead atoms. The van der Waals surface area contributed by atoms with Crippen LogP contribution in [0.25, 0.3) is 0 Å². The van der Waals surface area contributed by atoms with Crippen molar-refractivity contribution in [2.45, 2.75) is 44.9 Å². The Morgan fingerprint density at radius 1 is 1.35 bits per heavy atom. The molecule has 1 fully saturated rings. The van der Waals surface area contributed by atoms with Gasteiger partial charge in [0.15, 0.2) is 0 Å². The molecular weight excluding hydrogens is 238 g/mol. The van der Waals surface area contributed by atoms with Crippen molar-refractivity contribution < 1.29 is 13.2 Å². The summed E-state index contributed by atoms with van der Waals surface area (Å²) in [5.74, 6) is 0.0176. The molecule has 4 nitrogen and oxygen atoms in total. The molecule has 0 aliphatic heterocycles. The van der Waals surface area contributed by atoms with E-state index in [-0.39, 0.29) is 11.7 Å². The van der Waals surface area contributed by atoms with Gasteiger partial charge in [-0.05, 0) is 31.6 Å². The van der Waals surface area contributed by atoms with Gasteiger partial charge in [-0.2, -0.15) is 0 Å². The highest BCUT2D eigenvalue weighted by atomic mass is 32.2. The van der Waals surface area contributed by atoms with Gasteiger partial charge in [-0.15, -0.1) is 6.58 Å². The van der Waals surface area contributed by atoms with Crippen molar-refractivity contribution in [3.8, 4) is 0 Å². The summed E-state index contributed by atoms with van der Waals surface area (Å²) in [4.78, 5) is 11.5. The second kappa shape index (κ2) is 6.79. The molecule has 1 N–H and O–H groups in total. The molecular formula is C12H21NO3S. The summed E-state index contributed by atoms with van der Waals surface area (Å²) < 4.78 is 25.2. The second-order valence-electron chi connectivity index (χ2n) is 4.63. The smallest absolute Gasteiger partial charge is 0.234 e. The van der Waals surface area contributed by atoms with E-state index < -0.39 is 10.0 Å². The van der Waals surface area contributed by atoms with E-state index in [9.17, 15) is 13.2 Å². The van der Waals surface area contributed by atoms with Gasteiger partial charge in [0.2, 0.25) is 15.9 Å². The Kier molecular flexibility index (Phi) is 5.68. The molecule has 1 aliphatic carbocycles. The standard InChI is InChI=1S/C12H21NO3S/c1-2-3-6-9-17(15,16)13-12(14)10-11-7-4-5-8-11/h2,11H,1,3-10H2,(H,13,14). The van der Waals surface area contributed by atoms with Crippen LogP contribution in [0.1, 0.15) is 44.9 Å². The van der Waals surface area contributed by atoms with Gasteiger partial charge in [-0.1, -0.05) is 18.9 Å². The van der Waals surface area contributed by atoms with E-state index in [1.54, 1.807) is 6.08 Å². The van der Waals surface area contributed by atoms with Crippen LogP contribution in [0.2, 0.25) is 0 Å². The summed E-state index contributed by atoms with van der Waals surface area (Å²) >= 11 is 0. The van der Waals surface area contributed by atoms with Crippen LogP contribution in [-0.2, 0) is 14.8 Å². The molecule has 5 heteroatoms. The van der Waals surface area contributed by atoms with E-state index in [4.69, 9.17) is 0 Å². The molecule has 1 saturated carbocycles. The number of hydrogen-bond acceptors (Lipinski definition) is 3. The number of carbonyl (C=O) groups excluding carboxylic acids is 1. The van der Waals surface area contributed by atoms with Crippen LogP contribution in [-0.4, -0.2) is 20.1 Å². The van der Waals surface area contributed by atoms with Crippen LogP contribution in [0.4, 0.5) is 0 Å². The first-order valence-electron chi connectivity index (χ1n) is 6.18. The Hall–Kier alpha value is -0.840. The van der Waals surface area contributed by atoms with Gasteiger partial charge < -0.3 is 0 Å². The fraction of sp³-hybridized carbons (Fsp3) is 0.750. The molecule has 98 valence electrons. The second-order valence-corrected chi connectivity index (χ2v) is 6.47. The van der Waals surface area contributed by atoms with Crippen molar-refractivity contribution in [2.75, 3.05) is 5.75 Å². The maximum absolute atomic E-state index is 11.5. The van der Waals surface area contributed by atoms with Crippen LogP contribution >= 0.6 is 0 Å². The number of carbonyl (C=O) groups is 1. The summed E-state index contributed by atoms with van der Waals surface area (Å²) in [6.07, 6.45) is 7.59. The minimum absolute atomic E-state index is 0.00454. The molecule has 0 aromatic carbocycles. The van der Waals surface area contributed by atoms with Gasteiger partial charge in [-0.3, -0.25) is 9.52 Å². The summed E-state index contributed by atoms with van der Waals surface area (Å²) in [7, 11) is -3.44. The van der Waals surface area contributed by atoms with Crippen LogP contribution in [0.3, 0.4) is 0 Å². The summed E-state index contributed by atoms with van der Waals surface area (Å²) in [5.41, 5.74) is 0. The quantitative estimate of drug-likeness (QED) is 0.561. The molecule has 0 heterocycles. The summed E-state index contributed by atoms with van der Waals surface area (Å²) in [5, 5.41) is 0. The third-order valence-corrected chi connectivity index (χ3v) is 4.40. The summed E-state index contributed by atoms with van der Waals surface area (Å²) in [6, 6.07) is 0. The van der Waals surface area contributed by atoms with Crippen molar-refractivity contribution in [3.05, 3.63) is 12.7 Å². The van der Waals surface area contributed by atoms with E-state index in [1.807, 2.05) is 0 Å². The van der Waals surface area contributed by atoms with Crippen LogP contribution < -0.4 is 4.72 Å². The minimum Gasteiger partial charge on any atom is -0.274 e. The molecule has 0 aromatic rings. The maximum Gasteiger partial charge on any atom is 0.234 e. The molecule has 17 heavy (non-hydrogen) atoms. The average Bonchev–Trinajstić information content (AvgIpc) is 2.69. The third kappa shape index (κ3) is 5.86. The molecule has 0 unspecified atom stereocenters. The number of allylic oxidation sites excluding steroid dienone is 1. The Bertz CT molecular complexity index is 356. The monoisotopic (exact) mass is 259 g/mol. The Morgan fingerprint density at radius 3 is 2.59 bits per heavy atom. The molecule has 1 aliphatic rings. The van der Waals surface area contributed by atoms with Crippen molar-refractivity contribution >= 4 is 15.9 Å². The Morgan fingerprint density at radius 2 is 2.00 bits per heavy atom. The zero-order valence-corrected chi connectivity index (χ0v) is 11.0. The highest BCUT2D eigenvalue weighted by molar-refractivity contribution is 7.90. The van der Waals surface area contributed by atoms with Gasteiger partial charge >= 0.3 is 0 Å². The molecule has 1 amide bonds. The number of unbranched alkanes of at least 4 members (excludes halogenated alkanes) is 1. The molecule has 0 atom stereocenters. The normalized spacial score (nSPS) is 16.9. The van der Waals surface area contributed by atoms with Crippen LogP contribution in [0, 0.1) is 5.92 Å². The van der Waals surface area contributed by atoms with Crippen molar-refractivity contribution in [3.63, 3.8) is 0 Å². The number of amides is 1. The third-order valence-electron chi connectivity index (χ3n) is 3.04. The van der Waals surface area contributed by atoms with Crippen molar-refractivity contribution in [1.82, 2.24) is 4.72 Å². The van der Waals surface area contributed by atoms with E-state index in [0.29, 0.717) is 25.2 Å². The fourth-order valence-corrected chi connectivity index (χ4v) is 3.24. The molecule has 0 aromatic heterocycles. The number of hydrogen-bond donors (Lipinski definition) is 1. The van der Waals surface area contributed by atoms with Gasteiger partial charge in [0.05, 0.1) is 5.75 Å². The molecule has 0 radical (unpaired) electrons. The molecule has 0 spiro atoms. The minimum atomic E-state index is -3.44. The first-order chi connectivity index (χ1) is 8.03. The fourth-order valence-electron chi connectivity index (χ4n) is 2.16. The first kappa shape index (κ1) is 14.2. The van der Waals surface area contributed by atoms with Gasteiger partial charge in [0.25, 0.3) is 0 Å².